The van der Waals surface area contributed by atoms with Gasteiger partial charge in [0.15, 0.2) is 0 Å². The van der Waals surface area contributed by atoms with Gasteiger partial charge in [-0.25, -0.2) is 0 Å². The molecule has 0 aliphatic heterocycles. The number of anilines is 1. The third kappa shape index (κ3) is 5.28. The summed E-state index contributed by atoms with van der Waals surface area (Å²) in [5, 5.41) is 9.01. The van der Waals surface area contributed by atoms with Crippen LogP contribution >= 0.6 is 0 Å². The van der Waals surface area contributed by atoms with Gasteiger partial charge in [-0.05, 0) is 0 Å². The number of nitrogens with zero attached hydrogens (tertiary/aromatic N) is 2. The molecule has 4 nitrogen and oxygen atoms in total. The van der Waals surface area contributed by atoms with Crippen LogP contribution in [-0.2, 0) is 10.0 Å². The zero-order chi connectivity index (χ0) is 20.7. The van der Waals surface area contributed by atoms with E-state index in [4.69, 9.17) is 5.26 Å². The minimum absolute atomic E-state index is 0.0384. The summed E-state index contributed by atoms with van der Waals surface area (Å²) >= 11 is -0.0504. The number of rotatable bonds is 5. The normalized spacial score (nSPS) is 10.5. The maximum absolute atomic E-state index is 13.3. The van der Waals surface area contributed by atoms with Gasteiger partial charge in [0.1, 0.15) is 0 Å². The SMILES string of the molecule is Cc1ccc(S(=O)(=O)N(CC#C[Se]c2ccccc2)c2ccc(C#N)cc2)cc1. The molecule has 0 fully saturated rings. The van der Waals surface area contributed by atoms with Crippen molar-refractivity contribution in [3.63, 3.8) is 0 Å². The molecule has 3 rings (SSSR count). The molecule has 0 saturated carbocycles. The second-order valence-corrected chi connectivity index (χ2v) is 9.89. The van der Waals surface area contributed by atoms with Gasteiger partial charge >= 0.3 is 178 Å². The number of aryl methyl sites for hydroxylation is 1. The summed E-state index contributed by atoms with van der Waals surface area (Å²) in [6, 6.07) is 25.2. The van der Waals surface area contributed by atoms with Crippen molar-refractivity contribution < 1.29 is 8.42 Å². The van der Waals surface area contributed by atoms with Crippen LogP contribution in [-0.4, -0.2) is 29.9 Å². The van der Waals surface area contributed by atoms with E-state index >= 15 is 0 Å². The number of benzene rings is 3. The molecule has 0 aromatic heterocycles. The fourth-order valence-electron chi connectivity index (χ4n) is 2.54. The van der Waals surface area contributed by atoms with Crippen LogP contribution < -0.4 is 8.77 Å². The summed E-state index contributed by atoms with van der Waals surface area (Å²) in [5.41, 5.74) is 1.94. The van der Waals surface area contributed by atoms with Crippen LogP contribution in [0.2, 0.25) is 0 Å². The average molecular weight is 465 g/mol. The van der Waals surface area contributed by atoms with E-state index in [1.54, 1.807) is 48.5 Å². The molecule has 3 aromatic rings. The first-order chi connectivity index (χ1) is 14.0. The third-order valence-corrected chi connectivity index (χ3v) is 7.47. The van der Waals surface area contributed by atoms with Crippen molar-refractivity contribution in [2.45, 2.75) is 11.8 Å². The summed E-state index contributed by atoms with van der Waals surface area (Å²) in [4.78, 5) is 3.32. The Morgan fingerprint density at radius 2 is 1.59 bits per heavy atom. The van der Waals surface area contributed by atoms with E-state index in [0.29, 0.717) is 11.3 Å². The van der Waals surface area contributed by atoms with Gasteiger partial charge in [0.2, 0.25) is 0 Å². The minimum atomic E-state index is -3.78. The molecule has 144 valence electrons. The van der Waals surface area contributed by atoms with E-state index in [2.05, 4.69) is 10.7 Å². The molecule has 0 bridgehead atoms. The van der Waals surface area contributed by atoms with Crippen molar-refractivity contribution >= 4 is 35.1 Å². The van der Waals surface area contributed by atoms with Crippen molar-refractivity contribution in [3.05, 3.63) is 90.0 Å². The standard InChI is InChI=1S/C23H18N2O2SSe/c1-19-8-14-22(15-9-19)28(26,27)25(21-12-10-20(18-24)11-13-21)16-5-17-29-23-6-3-2-4-7-23/h2-4,6-15H,16H2,1H3. The molecule has 0 unspecified atom stereocenters. The number of sulfonamides is 1. The molecular weight excluding hydrogens is 447 g/mol. The first-order valence-corrected chi connectivity index (χ1v) is 12.0. The molecule has 0 spiro atoms. The Balaban J connectivity index is 1.91. The molecule has 0 saturated heterocycles. The summed E-state index contributed by atoms with van der Waals surface area (Å²) in [6.45, 7) is 1.95. The van der Waals surface area contributed by atoms with Crippen LogP contribution in [0.1, 0.15) is 11.1 Å². The van der Waals surface area contributed by atoms with E-state index < -0.39 is 10.0 Å². The van der Waals surface area contributed by atoms with Gasteiger partial charge in [-0.15, -0.1) is 0 Å². The summed E-state index contributed by atoms with van der Waals surface area (Å²) in [7, 11) is -3.78. The number of hydrogen-bond acceptors (Lipinski definition) is 3. The third-order valence-electron chi connectivity index (χ3n) is 4.10. The van der Waals surface area contributed by atoms with Crippen LogP contribution in [0.3, 0.4) is 0 Å². The van der Waals surface area contributed by atoms with Gasteiger partial charge in [0.05, 0.1) is 0 Å². The molecule has 0 heterocycles. The average Bonchev–Trinajstić information content (AvgIpc) is 2.75. The first kappa shape index (κ1) is 20.7. The van der Waals surface area contributed by atoms with Crippen LogP contribution in [0.4, 0.5) is 5.69 Å². The predicted octanol–water partition coefficient (Wildman–Crippen LogP) is 3.05. The monoisotopic (exact) mass is 466 g/mol. The van der Waals surface area contributed by atoms with E-state index in [1.165, 1.54) is 4.31 Å². The van der Waals surface area contributed by atoms with Crippen molar-refractivity contribution in [2.75, 3.05) is 10.8 Å². The first-order valence-electron chi connectivity index (χ1n) is 8.80. The van der Waals surface area contributed by atoms with Crippen molar-refractivity contribution in [3.8, 4) is 16.8 Å². The van der Waals surface area contributed by atoms with Gasteiger partial charge < -0.3 is 0 Å². The van der Waals surface area contributed by atoms with E-state index in [9.17, 15) is 8.42 Å². The van der Waals surface area contributed by atoms with Crippen molar-refractivity contribution in [1.82, 2.24) is 0 Å². The zero-order valence-electron chi connectivity index (χ0n) is 15.7. The molecule has 0 atom stereocenters. The Morgan fingerprint density at radius 3 is 2.21 bits per heavy atom. The van der Waals surface area contributed by atoms with Gasteiger partial charge in [0.25, 0.3) is 0 Å². The Hall–Kier alpha value is -3.02. The Kier molecular flexibility index (Phi) is 6.75. The molecular formula is C23H18N2O2SSe. The molecule has 0 N–H and O–H groups in total. The van der Waals surface area contributed by atoms with Crippen LogP contribution in [0.5, 0.6) is 0 Å². The number of hydrogen-bond donors (Lipinski definition) is 0. The summed E-state index contributed by atoms with van der Waals surface area (Å²) in [5.74, 6) is 3.01. The van der Waals surface area contributed by atoms with Crippen molar-refractivity contribution in [2.24, 2.45) is 0 Å². The van der Waals surface area contributed by atoms with Crippen LogP contribution in [0.25, 0.3) is 0 Å². The van der Waals surface area contributed by atoms with E-state index in [-0.39, 0.29) is 26.4 Å². The topological polar surface area (TPSA) is 61.2 Å². The van der Waals surface area contributed by atoms with Gasteiger partial charge in [0, 0.05) is 0 Å². The molecule has 0 radical (unpaired) electrons. The Bertz CT molecular complexity index is 1170. The van der Waals surface area contributed by atoms with E-state index in [1.807, 2.05) is 43.3 Å². The van der Waals surface area contributed by atoms with Crippen molar-refractivity contribution in [1.29, 1.82) is 5.26 Å². The molecule has 3 aromatic carbocycles. The predicted molar refractivity (Wildman–Crippen MR) is 116 cm³/mol. The van der Waals surface area contributed by atoms with Crippen LogP contribution in [0.15, 0.2) is 83.8 Å². The molecule has 6 heteroatoms. The van der Waals surface area contributed by atoms with Crippen LogP contribution in [0, 0.1) is 29.0 Å². The second-order valence-electron chi connectivity index (χ2n) is 6.18. The molecule has 0 aliphatic carbocycles. The summed E-state index contributed by atoms with van der Waals surface area (Å²) < 4.78 is 28.9. The zero-order valence-corrected chi connectivity index (χ0v) is 18.3. The van der Waals surface area contributed by atoms with Gasteiger partial charge in [-0.3, -0.25) is 0 Å². The van der Waals surface area contributed by atoms with Gasteiger partial charge in [-0.2, -0.15) is 0 Å². The quantitative estimate of drug-likeness (QED) is 0.430. The Labute approximate surface area is 178 Å². The second kappa shape index (κ2) is 9.45. The molecule has 0 aliphatic rings. The van der Waals surface area contributed by atoms with Gasteiger partial charge in [-0.1, -0.05) is 0 Å². The molecule has 0 amide bonds. The number of nitriles is 1. The summed E-state index contributed by atoms with van der Waals surface area (Å²) in [6.07, 6.45) is 0. The fraction of sp³-hybridized carbons (Fsp3) is 0.0870. The fourth-order valence-corrected chi connectivity index (χ4v) is 5.06. The Morgan fingerprint density at radius 1 is 0.931 bits per heavy atom. The molecule has 29 heavy (non-hydrogen) atoms. The maximum atomic E-state index is 13.3. The van der Waals surface area contributed by atoms with E-state index in [0.717, 1.165) is 10.0 Å².